The maximum Gasteiger partial charge on any atom is 0.353 e. The van der Waals surface area contributed by atoms with Gasteiger partial charge in [-0.2, -0.15) is 9.97 Å². The topological polar surface area (TPSA) is 128 Å². The van der Waals surface area contributed by atoms with Gasteiger partial charge in [0, 0.05) is 5.69 Å². The maximum absolute atomic E-state index is 11.4. The molecule has 26 heavy (non-hydrogen) atoms. The Kier molecular flexibility index (Phi) is 4.79. The molecular formula is C17H16N6O3. The van der Waals surface area contributed by atoms with E-state index in [9.17, 15) is 10.1 Å². The minimum Gasteiger partial charge on any atom is -0.495 e. The lowest BCUT2D eigenvalue weighted by Gasteiger charge is -2.12. The molecule has 4 N–H and O–H groups in total. The first kappa shape index (κ1) is 17.0. The molecule has 0 unspecified atom stereocenters. The van der Waals surface area contributed by atoms with Gasteiger partial charge in [-0.25, -0.2) is 0 Å². The molecule has 0 aliphatic heterocycles. The van der Waals surface area contributed by atoms with Crippen LogP contribution in [0, 0.1) is 10.1 Å². The van der Waals surface area contributed by atoms with E-state index in [0.29, 0.717) is 11.4 Å². The van der Waals surface area contributed by atoms with Crippen molar-refractivity contribution in [1.29, 1.82) is 0 Å². The van der Waals surface area contributed by atoms with Crippen LogP contribution >= 0.6 is 0 Å². The molecule has 2 aromatic carbocycles. The molecule has 0 aliphatic carbocycles. The van der Waals surface area contributed by atoms with Gasteiger partial charge in [0.15, 0.2) is 0 Å². The van der Waals surface area contributed by atoms with Gasteiger partial charge in [-0.1, -0.05) is 30.3 Å². The monoisotopic (exact) mass is 352 g/mol. The Morgan fingerprint density at radius 1 is 1.04 bits per heavy atom. The maximum atomic E-state index is 11.4. The standard InChI is InChI=1S/C17H16N6O3/c1-26-13-10-6-5-9-12(13)20-16-14(23(24)25)15(18)21-17(22-16)19-11-7-3-2-4-8-11/h2-10H,1H3,(H4,18,19,20,21,22). The van der Waals surface area contributed by atoms with E-state index in [0.717, 1.165) is 5.69 Å². The predicted molar refractivity (Wildman–Crippen MR) is 99.1 cm³/mol. The molecule has 0 saturated heterocycles. The summed E-state index contributed by atoms with van der Waals surface area (Å²) in [5.41, 5.74) is 6.63. The molecule has 1 aromatic heterocycles. The van der Waals surface area contributed by atoms with E-state index < -0.39 is 10.6 Å². The van der Waals surface area contributed by atoms with Crippen LogP contribution in [-0.4, -0.2) is 22.0 Å². The summed E-state index contributed by atoms with van der Waals surface area (Å²) in [6, 6.07) is 16.2. The molecular weight excluding hydrogens is 336 g/mol. The van der Waals surface area contributed by atoms with E-state index in [1.165, 1.54) is 7.11 Å². The highest BCUT2D eigenvalue weighted by Crippen LogP contribution is 2.34. The molecule has 0 atom stereocenters. The molecule has 0 radical (unpaired) electrons. The number of aromatic nitrogens is 2. The van der Waals surface area contributed by atoms with Crippen LogP contribution in [0.2, 0.25) is 0 Å². The largest absolute Gasteiger partial charge is 0.495 e. The average Bonchev–Trinajstić information content (AvgIpc) is 2.62. The van der Waals surface area contributed by atoms with Crippen molar-refractivity contribution in [2.24, 2.45) is 0 Å². The van der Waals surface area contributed by atoms with Gasteiger partial charge < -0.3 is 21.1 Å². The van der Waals surface area contributed by atoms with E-state index in [4.69, 9.17) is 10.5 Å². The number of nitro groups is 1. The molecule has 3 rings (SSSR count). The van der Waals surface area contributed by atoms with Crippen molar-refractivity contribution in [2.75, 3.05) is 23.5 Å². The highest BCUT2D eigenvalue weighted by Gasteiger charge is 2.24. The molecule has 0 fully saturated rings. The van der Waals surface area contributed by atoms with Crippen molar-refractivity contribution in [1.82, 2.24) is 9.97 Å². The molecule has 9 heteroatoms. The van der Waals surface area contributed by atoms with Crippen LogP contribution in [-0.2, 0) is 0 Å². The second-order valence-electron chi connectivity index (χ2n) is 5.20. The number of rotatable bonds is 6. The van der Waals surface area contributed by atoms with Crippen molar-refractivity contribution in [2.45, 2.75) is 0 Å². The summed E-state index contributed by atoms with van der Waals surface area (Å²) < 4.78 is 5.25. The van der Waals surface area contributed by atoms with Crippen LogP contribution in [0.25, 0.3) is 0 Å². The Morgan fingerprint density at radius 2 is 1.73 bits per heavy atom. The zero-order valence-electron chi connectivity index (χ0n) is 13.8. The number of hydrogen-bond donors (Lipinski definition) is 3. The SMILES string of the molecule is COc1ccccc1Nc1nc(Nc2ccccc2)nc(N)c1[N+](=O)[O-]. The smallest absolute Gasteiger partial charge is 0.353 e. The Morgan fingerprint density at radius 3 is 2.42 bits per heavy atom. The molecule has 3 aromatic rings. The fourth-order valence-electron chi connectivity index (χ4n) is 2.32. The van der Waals surface area contributed by atoms with E-state index in [2.05, 4.69) is 20.6 Å². The van der Waals surface area contributed by atoms with E-state index in [1.54, 1.807) is 24.3 Å². The third kappa shape index (κ3) is 3.61. The van der Waals surface area contributed by atoms with Crippen LogP contribution < -0.4 is 21.1 Å². The number of methoxy groups -OCH3 is 1. The number of nitrogens with zero attached hydrogens (tertiary/aromatic N) is 3. The van der Waals surface area contributed by atoms with Gasteiger partial charge in [-0.3, -0.25) is 10.1 Å². The van der Waals surface area contributed by atoms with E-state index in [-0.39, 0.29) is 17.6 Å². The lowest BCUT2D eigenvalue weighted by atomic mass is 10.3. The van der Waals surface area contributed by atoms with Gasteiger partial charge in [-0.15, -0.1) is 0 Å². The number of nitrogens with one attached hydrogen (secondary N) is 2. The van der Waals surface area contributed by atoms with Crippen LogP contribution in [0.1, 0.15) is 0 Å². The predicted octanol–water partition coefficient (Wildman–Crippen LogP) is 3.46. The van der Waals surface area contributed by atoms with Gasteiger partial charge in [0.05, 0.1) is 17.7 Å². The molecule has 132 valence electrons. The highest BCUT2D eigenvalue weighted by atomic mass is 16.6. The quantitative estimate of drug-likeness (QED) is 0.454. The second-order valence-corrected chi connectivity index (χ2v) is 5.20. The molecule has 0 bridgehead atoms. The minimum absolute atomic E-state index is 0.0366. The molecule has 0 aliphatic rings. The third-order valence-corrected chi connectivity index (χ3v) is 3.48. The molecule has 9 nitrogen and oxygen atoms in total. The first-order chi connectivity index (χ1) is 12.6. The molecule has 0 spiro atoms. The normalized spacial score (nSPS) is 10.2. The Hall–Kier alpha value is -3.88. The number of ether oxygens (including phenoxy) is 1. The Balaban J connectivity index is 2.02. The van der Waals surface area contributed by atoms with Crippen molar-refractivity contribution < 1.29 is 9.66 Å². The third-order valence-electron chi connectivity index (χ3n) is 3.48. The molecule has 1 heterocycles. The van der Waals surface area contributed by atoms with Gasteiger partial charge >= 0.3 is 5.69 Å². The summed E-state index contributed by atoms with van der Waals surface area (Å²) in [7, 11) is 1.51. The Labute approximate surface area is 149 Å². The average molecular weight is 352 g/mol. The summed E-state index contributed by atoms with van der Waals surface area (Å²) in [4.78, 5) is 19.0. The Bertz CT molecular complexity index is 933. The summed E-state index contributed by atoms with van der Waals surface area (Å²) in [6.45, 7) is 0. The first-order valence-electron chi connectivity index (χ1n) is 7.62. The zero-order valence-corrected chi connectivity index (χ0v) is 13.8. The van der Waals surface area contributed by atoms with Crippen molar-refractivity contribution >= 4 is 34.6 Å². The fourth-order valence-corrected chi connectivity index (χ4v) is 2.32. The molecule has 0 saturated carbocycles. The van der Waals surface area contributed by atoms with Crippen LogP contribution in [0.15, 0.2) is 54.6 Å². The molecule has 0 amide bonds. The number of nitrogen functional groups attached to an aromatic ring is 1. The number of hydrogen-bond acceptors (Lipinski definition) is 8. The van der Waals surface area contributed by atoms with Gasteiger partial charge in [-0.05, 0) is 24.3 Å². The van der Waals surface area contributed by atoms with Crippen molar-refractivity contribution in [3.05, 3.63) is 64.7 Å². The summed E-state index contributed by atoms with van der Waals surface area (Å²) in [5.74, 6) is 0.361. The van der Waals surface area contributed by atoms with Gasteiger partial charge in [0.2, 0.25) is 17.6 Å². The number of nitrogens with two attached hydrogens (primary N) is 1. The lowest BCUT2D eigenvalue weighted by molar-refractivity contribution is -0.383. The zero-order chi connectivity index (χ0) is 18.5. The number of para-hydroxylation sites is 3. The van der Waals surface area contributed by atoms with E-state index in [1.807, 2.05) is 30.3 Å². The second kappa shape index (κ2) is 7.34. The van der Waals surface area contributed by atoms with Crippen LogP contribution in [0.5, 0.6) is 5.75 Å². The van der Waals surface area contributed by atoms with Crippen LogP contribution in [0.4, 0.5) is 34.6 Å². The van der Waals surface area contributed by atoms with Gasteiger partial charge in [0.25, 0.3) is 0 Å². The van der Waals surface area contributed by atoms with Gasteiger partial charge in [0.1, 0.15) is 5.75 Å². The minimum atomic E-state index is -0.626. The summed E-state index contributed by atoms with van der Waals surface area (Å²) >= 11 is 0. The first-order valence-corrected chi connectivity index (χ1v) is 7.62. The van der Waals surface area contributed by atoms with E-state index >= 15 is 0 Å². The van der Waals surface area contributed by atoms with Crippen molar-refractivity contribution in [3.63, 3.8) is 0 Å². The summed E-state index contributed by atoms with van der Waals surface area (Å²) in [5, 5.41) is 17.3. The van der Waals surface area contributed by atoms with Crippen molar-refractivity contribution in [3.8, 4) is 5.75 Å². The summed E-state index contributed by atoms with van der Waals surface area (Å²) in [6.07, 6.45) is 0. The van der Waals surface area contributed by atoms with Crippen LogP contribution in [0.3, 0.4) is 0 Å². The number of anilines is 5. The number of benzene rings is 2. The highest BCUT2D eigenvalue weighted by molar-refractivity contribution is 5.77. The fraction of sp³-hybridized carbons (Fsp3) is 0.0588. The lowest BCUT2D eigenvalue weighted by Crippen LogP contribution is -2.09.